The molecule has 16 heavy (non-hydrogen) atoms. The largest absolute Gasteiger partial charge is 0.354 e. The molecular formula is C12H26N2OS. The molecule has 96 valence electrons. The third-order valence-corrected chi connectivity index (χ3v) is 3.67. The highest BCUT2D eigenvalue weighted by Gasteiger charge is 2.21. The van der Waals surface area contributed by atoms with Gasteiger partial charge in [0.1, 0.15) is 0 Å². The van der Waals surface area contributed by atoms with Crippen molar-refractivity contribution in [2.75, 3.05) is 18.6 Å². The van der Waals surface area contributed by atoms with E-state index in [-0.39, 0.29) is 17.4 Å². The molecule has 0 aliphatic rings. The predicted octanol–water partition coefficient (Wildman–Crippen LogP) is 1.87. The Bertz CT molecular complexity index is 214. The van der Waals surface area contributed by atoms with Crippen LogP contribution in [0.25, 0.3) is 0 Å². The van der Waals surface area contributed by atoms with Crippen LogP contribution in [0.4, 0.5) is 0 Å². The molecule has 0 heterocycles. The third-order valence-electron chi connectivity index (χ3n) is 3.03. The van der Waals surface area contributed by atoms with Gasteiger partial charge in [0.25, 0.3) is 0 Å². The number of amides is 1. The number of rotatable bonds is 6. The van der Waals surface area contributed by atoms with E-state index in [0.29, 0.717) is 12.5 Å². The number of nitrogens with two attached hydrogens (primary N) is 1. The van der Waals surface area contributed by atoms with E-state index in [9.17, 15) is 4.79 Å². The zero-order chi connectivity index (χ0) is 12.8. The first kappa shape index (κ1) is 15.8. The van der Waals surface area contributed by atoms with Gasteiger partial charge in [0.05, 0.1) is 6.04 Å². The summed E-state index contributed by atoms with van der Waals surface area (Å²) in [5, 5.41) is 2.92. The summed E-state index contributed by atoms with van der Waals surface area (Å²) in [6.45, 7) is 9.38. The van der Waals surface area contributed by atoms with Crippen molar-refractivity contribution in [3.05, 3.63) is 0 Å². The van der Waals surface area contributed by atoms with Crippen LogP contribution in [0.5, 0.6) is 0 Å². The van der Waals surface area contributed by atoms with Crippen molar-refractivity contribution in [1.82, 2.24) is 5.32 Å². The number of carbonyl (C=O) groups is 1. The summed E-state index contributed by atoms with van der Waals surface area (Å²) >= 11 is 1.72. The quantitative estimate of drug-likeness (QED) is 0.752. The maximum atomic E-state index is 11.6. The first-order valence-corrected chi connectivity index (χ1v) is 7.20. The number of carbonyl (C=O) groups excluding carboxylic acids is 1. The topological polar surface area (TPSA) is 55.1 Å². The molecule has 2 atom stereocenters. The van der Waals surface area contributed by atoms with Crippen molar-refractivity contribution in [3.63, 3.8) is 0 Å². The summed E-state index contributed by atoms with van der Waals surface area (Å²) in [5.41, 5.74) is 5.99. The number of nitrogens with one attached hydrogen (secondary N) is 1. The smallest absolute Gasteiger partial charge is 0.236 e. The second-order valence-electron chi connectivity index (χ2n) is 5.40. The second kappa shape index (κ2) is 7.17. The Kier molecular flexibility index (Phi) is 7.07. The SMILES string of the molecule is CSCC[C@@H](N)C(=O)NCC(C)C(C)(C)C. The van der Waals surface area contributed by atoms with Crippen LogP contribution in [-0.4, -0.2) is 30.5 Å². The molecule has 4 heteroatoms. The molecular weight excluding hydrogens is 220 g/mol. The molecule has 0 rings (SSSR count). The molecule has 0 saturated heterocycles. The van der Waals surface area contributed by atoms with Gasteiger partial charge in [-0.3, -0.25) is 4.79 Å². The van der Waals surface area contributed by atoms with Crippen LogP contribution in [0.3, 0.4) is 0 Å². The fraction of sp³-hybridized carbons (Fsp3) is 0.917. The molecule has 0 spiro atoms. The second-order valence-corrected chi connectivity index (χ2v) is 6.39. The number of hydrogen-bond donors (Lipinski definition) is 2. The number of hydrogen-bond acceptors (Lipinski definition) is 3. The highest BCUT2D eigenvalue weighted by atomic mass is 32.2. The average molecular weight is 246 g/mol. The van der Waals surface area contributed by atoms with Crippen LogP contribution in [0, 0.1) is 11.3 Å². The maximum Gasteiger partial charge on any atom is 0.236 e. The van der Waals surface area contributed by atoms with E-state index in [4.69, 9.17) is 5.73 Å². The van der Waals surface area contributed by atoms with Crippen LogP contribution >= 0.6 is 11.8 Å². The summed E-state index contributed by atoms with van der Waals surface area (Å²) in [7, 11) is 0. The van der Waals surface area contributed by atoms with Crippen LogP contribution in [0.15, 0.2) is 0 Å². The molecule has 1 unspecified atom stereocenters. The molecule has 0 aromatic heterocycles. The first-order valence-electron chi connectivity index (χ1n) is 5.81. The molecule has 0 radical (unpaired) electrons. The summed E-state index contributed by atoms with van der Waals surface area (Å²) in [5.74, 6) is 1.36. The van der Waals surface area contributed by atoms with Gasteiger partial charge in [-0.15, -0.1) is 0 Å². The molecule has 0 aliphatic heterocycles. The zero-order valence-electron chi connectivity index (χ0n) is 11.2. The molecule has 3 nitrogen and oxygen atoms in total. The van der Waals surface area contributed by atoms with Crippen LogP contribution in [-0.2, 0) is 4.79 Å². The van der Waals surface area contributed by atoms with Crippen molar-refractivity contribution in [3.8, 4) is 0 Å². The zero-order valence-corrected chi connectivity index (χ0v) is 12.0. The molecule has 1 amide bonds. The fourth-order valence-corrected chi connectivity index (χ4v) is 1.56. The van der Waals surface area contributed by atoms with Crippen molar-refractivity contribution in [2.45, 2.75) is 40.2 Å². The fourth-order valence-electron chi connectivity index (χ4n) is 1.07. The lowest BCUT2D eigenvalue weighted by molar-refractivity contribution is -0.122. The maximum absolute atomic E-state index is 11.6. The lowest BCUT2D eigenvalue weighted by atomic mass is 9.82. The Morgan fingerprint density at radius 1 is 1.44 bits per heavy atom. The minimum absolute atomic E-state index is 0.0230. The van der Waals surface area contributed by atoms with Gasteiger partial charge >= 0.3 is 0 Å². The monoisotopic (exact) mass is 246 g/mol. The van der Waals surface area contributed by atoms with Gasteiger partial charge in [0, 0.05) is 6.54 Å². The van der Waals surface area contributed by atoms with Crippen molar-refractivity contribution >= 4 is 17.7 Å². The lowest BCUT2D eigenvalue weighted by Gasteiger charge is -2.27. The van der Waals surface area contributed by atoms with Gasteiger partial charge in [-0.2, -0.15) is 11.8 Å². The average Bonchev–Trinajstić information content (AvgIpc) is 2.20. The minimum atomic E-state index is -0.361. The van der Waals surface area contributed by atoms with E-state index in [0.717, 1.165) is 12.2 Å². The molecule has 0 fully saturated rings. The van der Waals surface area contributed by atoms with Crippen molar-refractivity contribution in [1.29, 1.82) is 0 Å². The van der Waals surface area contributed by atoms with Crippen LogP contribution in [0.2, 0.25) is 0 Å². The lowest BCUT2D eigenvalue weighted by Crippen LogP contribution is -2.43. The van der Waals surface area contributed by atoms with Gasteiger partial charge in [-0.1, -0.05) is 27.7 Å². The van der Waals surface area contributed by atoms with Gasteiger partial charge in [0.15, 0.2) is 0 Å². The van der Waals surface area contributed by atoms with E-state index in [1.165, 1.54) is 0 Å². The normalized spacial score (nSPS) is 15.6. The molecule has 0 saturated carbocycles. The van der Waals surface area contributed by atoms with E-state index in [1.807, 2.05) is 6.26 Å². The minimum Gasteiger partial charge on any atom is -0.354 e. The third kappa shape index (κ3) is 6.38. The van der Waals surface area contributed by atoms with Gasteiger partial charge in [0.2, 0.25) is 5.91 Å². The molecule has 0 aliphatic carbocycles. The Balaban J connectivity index is 3.89. The Morgan fingerprint density at radius 2 is 2.00 bits per heavy atom. The summed E-state index contributed by atoms with van der Waals surface area (Å²) in [6.07, 6.45) is 2.77. The van der Waals surface area contributed by atoms with Crippen molar-refractivity contribution in [2.24, 2.45) is 17.1 Å². The Hall–Kier alpha value is -0.220. The van der Waals surface area contributed by atoms with Crippen LogP contribution < -0.4 is 11.1 Å². The first-order chi connectivity index (χ1) is 7.29. The summed E-state index contributed by atoms with van der Waals surface area (Å²) < 4.78 is 0. The molecule has 0 aromatic carbocycles. The van der Waals surface area contributed by atoms with E-state index in [1.54, 1.807) is 11.8 Å². The summed E-state index contributed by atoms with van der Waals surface area (Å²) in [6, 6.07) is -0.361. The van der Waals surface area contributed by atoms with E-state index in [2.05, 4.69) is 33.0 Å². The number of thioether (sulfide) groups is 1. The highest BCUT2D eigenvalue weighted by molar-refractivity contribution is 7.98. The Labute approximate surface area is 104 Å². The van der Waals surface area contributed by atoms with Gasteiger partial charge in [-0.05, 0) is 29.8 Å². The van der Waals surface area contributed by atoms with Crippen LogP contribution in [0.1, 0.15) is 34.1 Å². The standard InChI is InChI=1S/C12H26N2OS/c1-9(12(2,3)4)8-14-11(15)10(13)6-7-16-5/h9-10H,6-8,13H2,1-5H3,(H,14,15)/t9?,10-/m1/s1. The predicted molar refractivity (Wildman–Crippen MR) is 72.6 cm³/mol. The van der Waals surface area contributed by atoms with Gasteiger partial charge in [-0.25, -0.2) is 0 Å². The van der Waals surface area contributed by atoms with Crippen molar-refractivity contribution < 1.29 is 4.79 Å². The molecule has 3 N–H and O–H groups in total. The Morgan fingerprint density at radius 3 is 2.44 bits per heavy atom. The summed E-state index contributed by atoms with van der Waals surface area (Å²) in [4.78, 5) is 11.6. The molecule has 0 bridgehead atoms. The van der Waals surface area contributed by atoms with E-state index < -0.39 is 0 Å². The highest BCUT2D eigenvalue weighted by Crippen LogP contribution is 2.24. The molecule has 0 aromatic rings. The van der Waals surface area contributed by atoms with E-state index >= 15 is 0 Å². The van der Waals surface area contributed by atoms with Gasteiger partial charge < -0.3 is 11.1 Å².